The van der Waals surface area contributed by atoms with Crippen LogP contribution in [0.15, 0.2) is 23.3 Å². The van der Waals surface area contributed by atoms with Crippen molar-refractivity contribution in [3.05, 3.63) is 23.3 Å². The van der Waals surface area contributed by atoms with Crippen molar-refractivity contribution in [3.8, 4) is 0 Å². The minimum absolute atomic E-state index is 0.0530. The van der Waals surface area contributed by atoms with Gasteiger partial charge in [-0.15, -0.1) is 0 Å². The molecular weight excluding hydrogens is 138 g/mol. The molecule has 0 aliphatic heterocycles. The topological polar surface area (TPSA) is 46.2 Å². The zero-order valence-corrected chi connectivity index (χ0v) is 6.46. The summed E-state index contributed by atoms with van der Waals surface area (Å²) >= 11 is 0. The van der Waals surface area contributed by atoms with Crippen molar-refractivity contribution >= 4 is 0 Å². The molecule has 2 aliphatic carbocycles. The molecule has 0 saturated heterocycles. The van der Waals surface area contributed by atoms with E-state index < -0.39 is 6.10 Å². The highest BCUT2D eigenvalue weighted by molar-refractivity contribution is 5.38. The van der Waals surface area contributed by atoms with Crippen molar-refractivity contribution in [2.24, 2.45) is 5.73 Å². The average molecular weight is 151 g/mol. The third-order valence-corrected chi connectivity index (χ3v) is 2.52. The van der Waals surface area contributed by atoms with Crippen molar-refractivity contribution in [3.63, 3.8) is 0 Å². The summed E-state index contributed by atoms with van der Waals surface area (Å²) in [7, 11) is 0. The van der Waals surface area contributed by atoms with Gasteiger partial charge in [0, 0.05) is 6.04 Å². The molecule has 0 amide bonds. The monoisotopic (exact) mass is 151 g/mol. The van der Waals surface area contributed by atoms with Gasteiger partial charge in [-0.05, 0) is 24.8 Å². The lowest BCUT2D eigenvalue weighted by Crippen LogP contribution is -2.30. The lowest BCUT2D eigenvalue weighted by atomic mass is 10.00. The zero-order valence-electron chi connectivity index (χ0n) is 6.46. The number of nitrogens with two attached hydrogens (primary N) is 1. The van der Waals surface area contributed by atoms with Gasteiger partial charge in [-0.3, -0.25) is 0 Å². The van der Waals surface area contributed by atoms with E-state index in [1.807, 2.05) is 6.08 Å². The fraction of sp³-hybridized carbons (Fsp3) is 0.556. The molecule has 2 aliphatic rings. The Kier molecular flexibility index (Phi) is 1.59. The lowest BCUT2D eigenvalue weighted by molar-refractivity contribution is 0.194. The molecule has 0 spiro atoms. The van der Waals surface area contributed by atoms with Gasteiger partial charge in [0.05, 0.1) is 6.10 Å². The fourth-order valence-electron chi connectivity index (χ4n) is 1.88. The first-order chi connectivity index (χ1) is 5.29. The maximum Gasteiger partial charge on any atom is 0.0943 e. The van der Waals surface area contributed by atoms with E-state index in [4.69, 9.17) is 5.73 Å². The van der Waals surface area contributed by atoms with E-state index >= 15 is 0 Å². The summed E-state index contributed by atoms with van der Waals surface area (Å²) in [6.07, 6.45) is 6.83. The number of rotatable bonds is 0. The Morgan fingerprint density at radius 3 is 3.09 bits per heavy atom. The summed E-state index contributed by atoms with van der Waals surface area (Å²) < 4.78 is 0. The standard InChI is InChI=1S/C9H13NO/c10-8-5-6-3-1-2-4-7(6)9(8)11/h2,4,8-9,11H,1,3,5,10H2. The second kappa shape index (κ2) is 2.47. The average Bonchev–Trinajstić information content (AvgIpc) is 2.30. The maximum atomic E-state index is 9.56. The molecule has 0 bridgehead atoms. The molecule has 11 heavy (non-hydrogen) atoms. The highest BCUT2D eigenvalue weighted by Crippen LogP contribution is 2.32. The van der Waals surface area contributed by atoms with Gasteiger partial charge in [0.1, 0.15) is 0 Å². The van der Waals surface area contributed by atoms with Gasteiger partial charge in [0.15, 0.2) is 0 Å². The normalized spacial score (nSPS) is 36.2. The SMILES string of the molecule is NC1CC2=C(C=CCC2)C1O. The molecule has 0 heterocycles. The molecule has 2 rings (SSSR count). The Labute approximate surface area is 66.4 Å². The number of aliphatic hydroxyl groups is 1. The van der Waals surface area contributed by atoms with E-state index in [1.165, 1.54) is 5.57 Å². The van der Waals surface area contributed by atoms with Crippen molar-refractivity contribution in [1.82, 2.24) is 0 Å². The molecule has 60 valence electrons. The molecule has 0 fully saturated rings. The highest BCUT2D eigenvalue weighted by atomic mass is 16.3. The van der Waals surface area contributed by atoms with Gasteiger partial charge >= 0.3 is 0 Å². The van der Waals surface area contributed by atoms with Gasteiger partial charge in [-0.2, -0.15) is 0 Å². The summed E-state index contributed by atoms with van der Waals surface area (Å²) in [6, 6.07) is -0.0530. The minimum atomic E-state index is -0.401. The van der Waals surface area contributed by atoms with E-state index in [0.29, 0.717) is 0 Å². The molecule has 0 aromatic heterocycles. The van der Waals surface area contributed by atoms with Gasteiger partial charge in [-0.1, -0.05) is 17.7 Å². The molecule has 2 heteroatoms. The Bertz CT molecular complexity index is 230. The van der Waals surface area contributed by atoms with Crippen LogP contribution in [-0.2, 0) is 0 Å². The molecule has 0 saturated carbocycles. The Morgan fingerprint density at radius 1 is 1.55 bits per heavy atom. The van der Waals surface area contributed by atoms with Crippen molar-refractivity contribution < 1.29 is 5.11 Å². The van der Waals surface area contributed by atoms with Crippen LogP contribution in [0, 0.1) is 0 Å². The smallest absolute Gasteiger partial charge is 0.0943 e. The first-order valence-electron chi connectivity index (χ1n) is 4.11. The van der Waals surface area contributed by atoms with E-state index in [2.05, 4.69) is 6.08 Å². The number of allylic oxidation sites excluding steroid dienone is 1. The van der Waals surface area contributed by atoms with E-state index in [0.717, 1.165) is 24.8 Å². The summed E-state index contributed by atoms with van der Waals surface area (Å²) in [4.78, 5) is 0. The zero-order chi connectivity index (χ0) is 7.84. The fourth-order valence-corrected chi connectivity index (χ4v) is 1.88. The maximum absolute atomic E-state index is 9.56. The molecule has 3 N–H and O–H groups in total. The van der Waals surface area contributed by atoms with Gasteiger partial charge in [0.25, 0.3) is 0 Å². The Hall–Kier alpha value is -0.600. The number of hydrogen-bond donors (Lipinski definition) is 2. The van der Waals surface area contributed by atoms with Crippen LogP contribution in [0.5, 0.6) is 0 Å². The predicted molar refractivity (Wildman–Crippen MR) is 44.0 cm³/mol. The Balaban J connectivity index is 2.28. The largest absolute Gasteiger partial charge is 0.387 e. The van der Waals surface area contributed by atoms with Crippen LogP contribution in [-0.4, -0.2) is 17.3 Å². The third-order valence-electron chi connectivity index (χ3n) is 2.52. The third kappa shape index (κ3) is 1.03. The van der Waals surface area contributed by atoms with E-state index in [9.17, 15) is 5.11 Å². The van der Waals surface area contributed by atoms with Gasteiger partial charge in [-0.25, -0.2) is 0 Å². The van der Waals surface area contributed by atoms with E-state index in [1.54, 1.807) is 0 Å². The molecule has 0 radical (unpaired) electrons. The quantitative estimate of drug-likeness (QED) is 0.536. The number of aliphatic hydroxyl groups excluding tert-OH is 1. The van der Waals surface area contributed by atoms with Crippen LogP contribution in [0.2, 0.25) is 0 Å². The van der Waals surface area contributed by atoms with Crippen molar-refractivity contribution in [2.45, 2.75) is 31.4 Å². The van der Waals surface area contributed by atoms with Crippen LogP contribution < -0.4 is 5.73 Å². The first-order valence-corrected chi connectivity index (χ1v) is 4.11. The van der Waals surface area contributed by atoms with Crippen LogP contribution in [0.1, 0.15) is 19.3 Å². The first kappa shape index (κ1) is 7.07. The molecule has 2 unspecified atom stereocenters. The molecule has 2 nitrogen and oxygen atoms in total. The highest BCUT2D eigenvalue weighted by Gasteiger charge is 2.29. The number of hydrogen-bond acceptors (Lipinski definition) is 2. The second-order valence-corrected chi connectivity index (χ2v) is 3.31. The predicted octanol–water partition coefficient (Wildman–Crippen LogP) is 0.725. The van der Waals surface area contributed by atoms with Gasteiger partial charge < -0.3 is 10.8 Å². The molecule has 0 aromatic carbocycles. The van der Waals surface area contributed by atoms with Crippen LogP contribution in [0.3, 0.4) is 0 Å². The van der Waals surface area contributed by atoms with Gasteiger partial charge in [0.2, 0.25) is 0 Å². The summed E-state index contributed by atoms with van der Waals surface area (Å²) in [5.41, 5.74) is 8.17. The van der Waals surface area contributed by atoms with Crippen molar-refractivity contribution in [1.29, 1.82) is 0 Å². The summed E-state index contributed by atoms with van der Waals surface area (Å²) in [5.74, 6) is 0. The van der Waals surface area contributed by atoms with Crippen LogP contribution >= 0.6 is 0 Å². The molecule has 2 atom stereocenters. The van der Waals surface area contributed by atoms with Crippen LogP contribution in [0.4, 0.5) is 0 Å². The van der Waals surface area contributed by atoms with Crippen LogP contribution in [0.25, 0.3) is 0 Å². The summed E-state index contributed by atoms with van der Waals surface area (Å²) in [6.45, 7) is 0. The Morgan fingerprint density at radius 2 is 2.36 bits per heavy atom. The summed E-state index contributed by atoms with van der Waals surface area (Å²) in [5, 5.41) is 9.56. The van der Waals surface area contributed by atoms with Crippen molar-refractivity contribution in [2.75, 3.05) is 0 Å². The molecular formula is C9H13NO. The second-order valence-electron chi connectivity index (χ2n) is 3.31. The lowest BCUT2D eigenvalue weighted by Gasteiger charge is -2.11. The molecule has 0 aromatic rings. The van der Waals surface area contributed by atoms with E-state index in [-0.39, 0.29) is 6.04 Å². The minimum Gasteiger partial charge on any atom is -0.387 e.